The van der Waals surface area contributed by atoms with Crippen molar-refractivity contribution in [1.29, 1.82) is 0 Å². The van der Waals surface area contributed by atoms with Crippen molar-refractivity contribution in [3.63, 3.8) is 0 Å². The molecule has 154 valence electrons. The third-order valence-electron chi connectivity index (χ3n) is 5.17. The zero-order chi connectivity index (χ0) is 21.3. The Labute approximate surface area is 166 Å². The summed E-state index contributed by atoms with van der Waals surface area (Å²) in [6, 6.07) is 5.71. The van der Waals surface area contributed by atoms with E-state index in [0.717, 1.165) is 0 Å². The van der Waals surface area contributed by atoms with Crippen molar-refractivity contribution in [2.45, 2.75) is 26.3 Å². The van der Waals surface area contributed by atoms with Crippen molar-refractivity contribution in [3.8, 4) is 5.75 Å². The highest BCUT2D eigenvalue weighted by atomic mass is 16.5. The van der Waals surface area contributed by atoms with Crippen LogP contribution in [0.15, 0.2) is 24.3 Å². The van der Waals surface area contributed by atoms with Gasteiger partial charge in [-0.15, -0.1) is 0 Å². The number of rotatable bonds is 6. The Morgan fingerprint density at radius 3 is 2.28 bits per heavy atom. The molecule has 0 aliphatic carbocycles. The minimum atomic E-state index is -1.35. The first-order valence-electron chi connectivity index (χ1n) is 8.99. The number of barbiturate groups is 1. The van der Waals surface area contributed by atoms with Gasteiger partial charge in [0.15, 0.2) is 0 Å². The number of carbonyl (C=O) groups is 3. The molecule has 1 atom stereocenters. The van der Waals surface area contributed by atoms with Crippen LogP contribution in [0, 0.1) is 25.0 Å². The summed E-state index contributed by atoms with van der Waals surface area (Å²) < 4.78 is 7.41. The Bertz CT molecular complexity index is 946. The number of amides is 4. The van der Waals surface area contributed by atoms with Crippen molar-refractivity contribution >= 4 is 17.8 Å². The third-order valence-corrected chi connectivity index (χ3v) is 5.17. The molecule has 0 bridgehead atoms. The molecule has 3 N–H and O–H groups in total. The number of hydrogen-bond acceptors (Lipinski definition) is 6. The van der Waals surface area contributed by atoms with E-state index in [2.05, 4.69) is 10.6 Å². The molecule has 0 unspecified atom stereocenters. The average molecular weight is 402 g/mol. The first-order chi connectivity index (χ1) is 13.8. The Balaban J connectivity index is 2.24. The highest BCUT2D eigenvalue weighted by Crippen LogP contribution is 2.34. The van der Waals surface area contributed by atoms with Gasteiger partial charge < -0.3 is 15.1 Å². The van der Waals surface area contributed by atoms with E-state index in [1.165, 1.54) is 7.11 Å². The molecule has 0 spiro atoms. The summed E-state index contributed by atoms with van der Waals surface area (Å²) in [6.45, 7) is 3.21. The zero-order valence-corrected chi connectivity index (χ0v) is 16.3. The number of aliphatic hydroxyl groups excluding tert-OH is 1. The van der Waals surface area contributed by atoms with Crippen LogP contribution in [0.4, 0.5) is 4.79 Å². The average Bonchev–Trinajstić information content (AvgIpc) is 2.89. The monoisotopic (exact) mass is 402 g/mol. The molecule has 2 aromatic rings. The van der Waals surface area contributed by atoms with Crippen LogP contribution in [0.1, 0.15) is 28.7 Å². The van der Waals surface area contributed by atoms with E-state index in [4.69, 9.17) is 4.74 Å². The third kappa shape index (κ3) is 3.54. The number of imide groups is 2. The number of ether oxygens (including phenoxy) is 1. The van der Waals surface area contributed by atoms with E-state index in [1.807, 2.05) is 0 Å². The fourth-order valence-electron chi connectivity index (χ4n) is 3.61. The molecular formula is C19H22N4O6. The van der Waals surface area contributed by atoms with E-state index in [1.54, 1.807) is 42.7 Å². The second-order valence-corrected chi connectivity index (χ2v) is 6.73. The van der Waals surface area contributed by atoms with Gasteiger partial charge in [-0.3, -0.25) is 20.2 Å². The van der Waals surface area contributed by atoms with E-state index >= 15 is 0 Å². The van der Waals surface area contributed by atoms with Crippen LogP contribution in [-0.2, 0) is 16.1 Å². The molecule has 1 aliphatic heterocycles. The van der Waals surface area contributed by atoms with E-state index in [9.17, 15) is 24.7 Å². The second kappa shape index (κ2) is 7.92. The molecule has 1 aromatic heterocycles. The molecule has 1 saturated heterocycles. The van der Waals surface area contributed by atoms with Crippen molar-refractivity contribution in [1.82, 2.24) is 15.2 Å². The van der Waals surface area contributed by atoms with Crippen molar-refractivity contribution in [2.24, 2.45) is 5.92 Å². The summed E-state index contributed by atoms with van der Waals surface area (Å²) in [5.41, 5.74) is 1.51. The Morgan fingerprint density at radius 1 is 1.17 bits per heavy atom. The molecule has 1 aromatic carbocycles. The first-order valence-corrected chi connectivity index (χ1v) is 8.99. The number of aromatic nitrogens is 2. The van der Waals surface area contributed by atoms with Crippen LogP contribution >= 0.6 is 0 Å². The van der Waals surface area contributed by atoms with Gasteiger partial charge in [-0.05, 0) is 17.7 Å². The van der Waals surface area contributed by atoms with Crippen LogP contribution in [0.5, 0.6) is 5.75 Å². The van der Waals surface area contributed by atoms with Crippen LogP contribution in [0.3, 0.4) is 0 Å². The van der Waals surface area contributed by atoms with Gasteiger partial charge in [-0.2, -0.15) is 0 Å². The van der Waals surface area contributed by atoms with Crippen molar-refractivity contribution in [3.05, 3.63) is 52.2 Å². The molecule has 2 heterocycles. The number of nitrogens with zero attached hydrogens (tertiary/aromatic N) is 2. The number of carbonyl (C=O) groups excluding carboxylic acids is 3. The number of methoxy groups -OCH3 is 1. The summed E-state index contributed by atoms with van der Waals surface area (Å²) in [5.74, 6) is -3.26. The molecule has 29 heavy (non-hydrogen) atoms. The number of imidazole rings is 1. The Hall–Kier alpha value is -3.40. The van der Waals surface area contributed by atoms with Crippen molar-refractivity contribution < 1.29 is 29.0 Å². The lowest BCUT2D eigenvalue weighted by molar-refractivity contribution is -0.621. The van der Waals surface area contributed by atoms with Gasteiger partial charge in [-0.1, -0.05) is 12.1 Å². The molecule has 4 amide bonds. The highest BCUT2D eigenvalue weighted by Gasteiger charge is 2.47. The molecule has 3 rings (SSSR count). The van der Waals surface area contributed by atoms with E-state index in [-0.39, 0.29) is 19.0 Å². The molecule has 10 heteroatoms. The molecule has 10 nitrogen and oxygen atoms in total. The van der Waals surface area contributed by atoms with Gasteiger partial charge in [0.1, 0.15) is 35.5 Å². The van der Waals surface area contributed by atoms with Crippen LogP contribution in [0.25, 0.3) is 0 Å². The van der Waals surface area contributed by atoms with Gasteiger partial charge in [0.05, 0.1) is 13.7 Å². The van der Waals surface area contributed by atoms with Crippen LogP contribution < -0.4 is 20.1 Å². The molecular weight excluding hydrogens is 380 g/mol. The predicted molar refractivity (Wildman–Crippen MR) is 100.0 cm³/mol. The van der Waals surface area contributed by atoms with Crippen molar-refractivity contribution in [2.75, 3.05) is 13.7 Å². The zero-order valence-electron chi connectivity index (χ0n) is 16.3. The largest absolute Gasteiger partial charge is 0.711 e. The minimum Gasteiger partial charge on any atom is -0.711 e. The number of hydrogen-bond donors (Lipinski definition) is 3. The van der Waals surface area contributed by atoms with Crippen LogP contribution in [0.2, 0.25) is 0 Å². The summed E-state index contributed by atoms with van der Waals surface area (Å²) in [7, 11) is 1.50. The summed E-state index contributed by atoms with van der Waals surface area (Å²) in [5, 5.41) is 26.7. The lowest BCUT2D eigenvalue weighted by Crippen LogP contribution is -2.58. The van der Waals surface area contributed by atoms with Gasteiger partial charge in [-0.25, -0.2) is 14.1 Å². The lowest BCUT2D eigenvalue weighted by atomic mass is 9.83. The lowest BCUT2D eigenvalue weighted by Gasteiger charge is -2.27. The summed E-state index contributed by atoms with van der Waals surface area (Å²) in [4.78, 5) is 36.7. The van der Waals surface area contributed by atoms with Crippen LogP contribution in [-0.4, -0.2) is 41.2 Å². The minimum absolute atomic E-state index is 0.110. The number of benzene rings is 1. The number of nitrogens with one attached hydrogen (secondary N) is 2. The maximum Gasteiger partial charge on any atom is 0.328 e. The Kier molecular flexibility index (Phi) is 5.55. The first kappa shape index (κ1) is 20.3. The second-order valence-electron chi connectivity index (χ2n) is 6.73. The van der Waals surface area contributed by atoms with Gasteiger partial charge in [0, 0.05) is 13.8 Å². The van der Waals surface area contributed by atoms with E-state index < -0.39 is 29.7 Å². The maximum absolute atomic E-state index is 13.0. The van der Waals surface area contributed by atoms with Gasteiger partial charge >= 0.3 is 6.03 Å². The normalized spacial score (nSPS) is 15.8. The SMILES string of the molecule is COc1ccc([C@@H](c2n(CCO)c(C)c(C)[n+]2[O-])C2C(=O)NC(=O)NC2=O)cc1. The topological polar surface area (TPSA) is 137 Å². The number of urea groups is 1. The summed E-state index contributed by atoms with van der Waals surface area (Å²) >= 11 is 0. The molecule has 1 fully saturated rings. The number of aliphatic hydroxyl groups is 1. The quantitative estimate of drug-likeness (QED) is 0.349. The fourth-order valence-corrected chi connectivity index (χ4v) is 3.61. The van der Waals surface area contributed by atoms with Gasteiger partial charge in [0.25, 0.3) is 5.82 Å². The molecule has 1 aliphatic rings. The highest BCUT2D eigenvalue weighted by molar-refractivity contribution is 6.16. The fraction of sp³-hybridized carbons (Fsp3) is 0.368. The van der Waals surface area contributed by atoms with Gasteiger partial charge in [0.2, 0.25) is 11.8 Å². The predicted octanol–water partition coefficient (Wildman–Crippen LogP) is -0.147. The molecule has 0 saturated carbocycles. The van der Waals surface area contributed by atoms with E-state index in [0.29, 0.717) is 27.4 Å². The Morgan fingerprint density at radius 2 is 1.76 bits per heavy atom. The summed E-state index contributed by atoms with van der Waals surface area (Å²) in [6.07, 6.45) is 0. The smallest absolute Gasteiger partial charge is 0.328 e. The molecule has 0 radical (unpaired) electrons. The maximum atomic E-state index is 13.0. The standard InChI is InChI=1S/C19H22N4O6/c1-10-11(2)23(28)18(22(10)8-9-24)14(12-4-6-13(29-3)7-5-12)15-16(25)20-19(27)21-17(15)26/h4-7,14-15,24H,8-9H2,1-3H3,(H2,20,21,25,26,27)/t14-/m1/s1.